The highest BCUT2D eigenvalue weighted by atomic mass is 19.1. The molecule has 0 radical (unpaired) electrons. The van der Waals surface area contributed by atoms with Crippen molar-refractivity contribution in [3.05, 3.63) is 35.6 Å². The van der Waals surface area contributed by atoms with E-state index in [0.717, 1.165) is 24.8 Å². The van der Waals surface area contributed by atoms with Crippen molar-refractivity contribution in [2.45, 2.75) is 50.2 Å². The lowest BCUT2D eigenvalue weighted by Gasteiger charge is -2.37. The predicted molar refractivity (Wildman–Crippen MR) is 84.3 cm³/mol. The van der Waals surface area contributed by atoms with Gasteiger partial charge in [-0.25, -0.2) is 4.39 Å². The van der Waals surface area contributed by atoms with E-state index < -0.39 is 5.60 Å². The van der Waals surface area contributed by atoms with Crippen LogP contribution >= 0.6 is 0 Å². The van der Waals surface area contributed by atoms with Crippen LogP contribution in [0.2, 0.25) is 0 Å². The van der Waals surface area contributed by atoms with Gasteiger partial charge in [0.15, 0.2) is 0 Å². The highest BCUT2D eigenvalue weighted by Gasteiger charge is 2.35. The second-order valence-electron chi connectivity index (χ2n) is 6.72. The Hall–Kier alpha value is -1.46. The standard InChI is InChI=1S/C18H24FNO3/c19-15-6-4-5-14(11-15)16-13-20(9-10-23-16)17(21)12-18(22)7-2-1-3-8-18/h4-6,11,16,22H,1-3,7-10,12-13H2. The summed E-state index contributed by atoms with van der Waals surface area (Å²) in [6, 6.07) is 6.32. The molecule has 0 bridgehead atoms. The van der Waals surface area contributed by atoms with Gasteiger partial charge in [-0.15, -0.1) is 0 Å². The number of rotatable bonds is 3. The molecule has 3 rings (SSSR count). The second-order valence-corrected chi connectivity index (χ2v) is 6.72. The Bertz CT molecular complexity index is 557. The Kier molecular flexibility index (Phi) is 4.97. The Labute approximate surface area is 136 Å². The van der Waals surface area contributed by atoms with E-state index in [1.807, 2.05) is 6.07 Å². The normalized spacial score (nSPS) is 24.4. The van der Waals surface area contributed by atoms with Gasteiger partial charge in [-0.05, 0) is 30.5 Å². The lowest BCUT2D eigenvalue weighted by molar-refractivity contribution is -0.145. The summed E-state index contributed by atoms with van der Waals surface area (Å²) in [6.45, 7) is 1.38. The molecule has 1 saturated carbocycles. The van der Waals surface area contributed by atoms with Crippen LogP contribution in [0, 0.1) is 5.82 Å². The summed E-state index contributed by atoms with van der Waals surface area (Å²) in [5, 5.41) is 10.6. The van der Waals surface area contributed by atoms with Gasteiger partial charge in [-0.1, -0.05) is 31.4 Å². The van der Waals surface area contributed by atoms with Gasteiger partial charge in [0.2, 0.25) is 5.91 Å². The summed E-state index contributed by atoms with van der Waals surface area (Å²) in [5.74, 6) is -0.329. The van der Waals surface area contributed by atoms with Crippen LogP contribution in [-0.2, 0) is 9.53 Å². The molecule has 0 spiro atoms. The number of ether oxygens (including phenoxy) is 1. The largest absolute Gasteiger partial charge is 0.389 e. The maximum atomic E-state index is 13.4. The molecule has 1 N–H and O–H groups in total. The number of aliphatic hydroxyl groups is 1. The predicted octanol–water partition coefficient (Wildman–Crippen LogP) is 2.81. The Morgan fingerprint density at radius 2 is 2.13 bits per heavy atom. The van der Waals surface area contributed by atoms with Crippen LogP contribution in [0.4, 0.5) is 4.39 Å². The SMILES string of the molecule is O=C(CC1(O)CCCCC1)N1CCOC(c2cccc(F)c2)C1. The molecule has 23 heavy (non-hydrogen) atoms. The average Bonchev–Trinajstić information content (AvgIpc) is 2.55. The second kappa shape index (κ2) is 6.97. The molecule has 0 aromatic heterocycles. The number of benzene rings is 1. The summed E-state index contributed by atoms with van der Waals surface area (Å²) < 4.78 is 19.1. The molecule has 2 aliphatic rings. The molecular formula is C18H24FNO3. The highest BCUT2D eigenvalue weighted by molar-refractivity contribution is 5.77. The minimum absolute atomic E-state index is 0.0286. The zero-order valence-electron chi connectivity index (χ0n) is 13.3. The fourth-order valence-corrected chi connectivity index (χ4v) is 3.56. The third kappa shape index (κ3) is 4.09. The third-order valence-electron chi connectivity index (χ3n) is 4.90. The molecule has 1 unspecified atom stereocenters. The third-order valence-corrected chi connectivity index (χ3v) is 4.90. The molecule has 1 atom stereocenters. The molecule has 2 fully saturated rings. The van der Waals surface area contributed by atoms with Crippen molar-refractivity contribution in [2.24, 2.45) is 0 Å². The maximum absolute atomic E-state index is 13.4. The first-order valence-electron chi connectivity index (χ1n) is 8.43. The van der Waals surface area contributed by atoms with Crippen molar-refractivity contribution in [3.63, 3.8) is 0 Å². The number of carbonyl (C=O) groups is 1. The van der Waals surface area contributed by atoms with Gasteiger partial charge in [0.05, 0.1) is 25.2 Å². The van der Waals surface area contributed by atoms with Gasteiger partial charge in [-0.3, -0.25) is 4.79 Å². The lowest BCUT2D eigenvalue weighted by Crippen LogP contribution is -2.46. The van der Waals surface area contributed by atoms with E-state index in [9.17, 15) is 14.3 Å². The summed E-state index contributed by atoms with van der Waals surface area (Å²) in [5.41, 5.74) is -0.0963. The van der Waals surface area contributed by atoms with Crippen LogP contribution in [0.5, 0.6) is 0 Å². The van der Waals surface area contributed by atoms with Crippen LogP contribution < -0.4 is 0 Å². The number of amides is 1. The molecule has 1 aromatic carbocycles. The van der Waals surface area contributed by atoms with Crippen molar-refractivity contribution in [3.8, 4) is 0 Å². The minimum atomic E-state index is -0.845. The van der Waals surface area contributed by atoms with Crippen molar-refractivity contribution < 1.29 is 19.0 Å². The van der Waals surface area contributed by atoms with E-state index in [4.69, 9.17) is 4.74 Å². The van der Waals surface area contributed by atoms with E-state index in [1.54, 1.807) is 11.0 Å². The molecule has 1 heterocycles. The summed E-state index contributed by atoms with van der Waals surface area (Å²) in [7, 11) is 0. The highest BCUT2D eigenvalue weighted by Crippen LogP contribution is 2.32. The van der Waals surface area contributed by atoms with Gasteiger partial charge < -0.3 is 14.7 Å². The van der Waals surface area contributed by atoms with Gasteiger partial charge >= 0.3 is 0 Å². The van der Waals surface area contributed by atoms with Crippen LogP contribution in [0.15, 0.2) is 24.3 Å². The number of hydrogen-bond donors (Lipinski definition) is 1. The first-order chi connectivity index (χ1) is 11.1. The smallest absolute Gasteiger partial charge is 0.225 e. The van der Waals surface area contributed by atoms with Gasteiger partial charge in [0.1, 0.15) is 11.9 Å². The van der Waals surface area contributed by atoms with E-state index in [-0.39, 0.29) is 24.2 Å². The zero-order valence-corrected chi connectivity index (χ0v) is 13.3. The van der Waals surface area contributed by atoms with Crippen molar-refractivity contribution in [2.75, 3.05) is 19.7 Å². The summed E-state index contributed by atoms with van der Waals surface area (Å²) >= 11 is 0. The fraction of sp³-hybridized carbons (Fsp3) is 0.611. The van der Waals surface area contributed by atoms with Gasteiger partial charge in [-0.2, -0.15) is 0 Å². The van der Waals surface area contributed by atoms with E-state index >= 15 is 0 Å². The summed E-state index contributed by atoms with van der Waals surface area (Å²) in [6.07, 6.45) is 4.40. The minimum Gasteiger partial charge on any atom is -0.389 e. The number of morpholine rings is 1. The van der Waals surface area contributed by atoms with Crippen molar-refractivity contribution in [1.82, 2.24) is 4.90 Å². The molecule has 5 heteroatoms. The van der Waals surface area contributed by atoms with Crippen LogP contribution in [0.3, 0.4) is 0 Å². The van der Waals surface area contributed by atoms with Crippen LogP contribution in [0.1, 0.15) is 50.2 Å². The van der Waals surface area contributed by atoms with E-state index in [2.05, 4.69) is 0 Å². The van der Waals surface area contributed by atoms with Crippen molar-refractivity contribution in [1.29, 1.82) is 0 Å². The molecule has 1 aliphatic carbocycles. The average molecular weight is 321 g/mol. The van der Waals surface area contributed by atoms with Gasteiger partial charge in [0.25, 0.3) is 0 Å². The van der Waals surface area contributed by atoms with Crippen LogP contribution in [-0.4, -0.2) is 41.2 Å². The Morgan fingerprint density at radius 1 is 1.35 bits per heavy atom. The zero-order chi connectivity index (χ0) is 16.3. The molecule has 1 aromatic rings. The molecule has 1 saturated heterocycles. The summed E-state index contributed by atoms with van der Waals surface area (Å²) in [4.78, 5) is 14.3. The lowest BCUT2D eigenvalue weighted by atomic mass is 9.82. The number of hydrogen-bond acceptors (Lipinski definition) is 3. The molecule has 1 aliphatic heterocycles. The maximum Gasteiger partial charge on any atom is 0.225 e. The first kappa shape index (κ1) is 16.4. The molecule has 1 amide bonds. The Morgan fingerprint density at radius 3 is 2.87 bits per heavy atom. The van der Waals surface area contributed by atoms with Crippen LogP contribution in [0.25, 0.3) is 0 Å². The number of nitrogens with zero attached hydrogens (tertiary/aromatic N) is 1. The molecule has 126 valence electrons. The fourth-order valence-electron chi connectivity index (χ4n) is 3.56. The van der Waals surface area contributed by atoms with Gasteiger partial charge in [0, 0.05) is 6.54 Å². The van der Waals surface area contributed by atoms with E-state index in [1.165, 1.54) is 12.1 Å². The topological polar surface area (TPSA) is 49.8 Å². The number of halogens is 1. The number of carbonyl (C=O) groups excluding carboxylic acids is 1. The molecular weight excluding hydrogens is 297 g/mol. The quantitative estimate of drug-likeness (QED) is 0.931. The van der Waals surface area contributed by atoms with Crippen molar-refractivity contribution >= 4 is 5.91 Å². The molecule has 4 nitrogen and oxygen atoms in total. The monoisotopic (exact) mass is 321 g/mol. The first-order valence-corrected chi connectivity index (χ1v) is 8.43. The van der Waals surface area contributed by atoms with E-state index in [0.29, 0.717) is 32.5 Å². The Balaban J connectivity index is 1.62.